The maximum atomic E-state index is 13.5. The number of thioether (sulfide) groups is 1. The van der Waals surface area contributed by atoms with Gasteiger partial charge in [-0.3, -0.25) is 4.79 Å². The number of hydrogen-bond acceptors (Lipinski definition) is 3. The SMILES string of the molecule is O=C(CSc1ccc2ccccc2n1)c1ccccc1F. The van der Waals surface area contributed by atoms with Crippen LogP contribution in [0.2, 0.25) is 0 Å². The van der Waals surface area contributed by atoms with Crippen LogP contribution in [0.25, 0.3) is 10.9 Å². The van der Waals surface area contributed by atoms with Crippen molar-refractivity contribution in [2.24, 2.45) is 0 Å². The average molecular weight is 297 g/mol. The summed E-state index contributed by atoms with van der Waals surface area (Å²) in [5.74, 6) is -0.533. The quantitative estimate of drug-likeness (QED) is 0.530. The summed E-state index contributed by atoms with van der Waals surface area (Å²) in [4.78, 5) is 16.5. The molecule has 0 fully saturated rings. The molecule has 0 aliphatic rings. The van der Waals surface area contributed by atoms with Crippen LogP contribution in [0.3, 0.4) is 0 Å². The smallest absolute Gasteiger partial charge is 0.176 e. The van der Waals surface area contributed by atoms with Gasteiger partial charge in [0.05, 0.1) is 21.9 Å². The molecule has 1 aromatic heterocycles. The van der Waals surface area contributed by atoms with E-state index in [0.29, 0.717) is 0 Å². The number of ketones is 1. The number of carbonyl (C=O) groups is 1. The number of carbonyl (C=O) groups excluding carboxylic acids is 1. The Labute approximate surface area is 126 Å². The maximum Gasteiger partial charge on any atom is 0.176 e. The summed E-state index contributed by atoms with van der Waals surface area (Å²) < 4.78 is 13.5. The van der Waals surface area contributed by atoms with E-state index in [9.17, 15) is 9.18 Å². The molecule has 0 bridgehead atoms. The molecule has 2 nitrogen and oxygen atoms in total. The van der Waals surface area contributed by atoms with E-state index >= 15 is 0 Å². The van der Waals surface area contributed by atoms with Crippen LogP contribution in [-0.4, -0.2) is 16.5 Å². The molecule has 0 aliphatic heterocycles. The summed E-state index contributed by atoms with van der Waals surface area (Å²) in [7, 11) is 0. The zero-order chi connectivity index (χ0) is 14.7. The molecule has 0 aliphatic carbocycles. The number of fused-ring (bicyclic) bond motifs is 1. The number of benzene rings is 2. The minimum Gasteiger partial charge on any atom is -0.293 e. The molecular formula is C17H12FNOS. The van der Waals surface area contributed by atoms with E-state index in [1.54, 1.807) is 12.1 Å². The fourth-order valence-electron chi connectivity index (χ4n) is 2.03. The van der Waals surface area contributed by atoms with Crippen molar-refractivity contribution >= 4 is 28.4 Å². The molecule has 1 heterocycles. The second kappa shape index (κ2) is 6.06. The first kappa shape index (κ1) is 13.8. The van der Waals surface area contributed by atoms with Crippen LogP contribution in [-0.2, 0) is 0 Å². The highest BCUT2D eigenvalue weighted by Gasteiger charge is 2.11. The molecular weight excluding hydrogens is 285 g/mol. The lowest BCUT2D eigenvalue weighted by molar-refractivity contribution is 0.101. The molecule has 0 atom stereocenters. The highest BCUT2D eigenvalue weighted by Crippen LogP contribution is 2.21. The van der Waals surface area contributed by atoms with Crippen molar-refractivity contribution in [1.29, 1.82) is 0 Å². The lowest BCUT2D eigenvalue weighted by atomic mass is 10.1. The largest absolute Gasteiger partial charge is 0.293 e. The maximum absolute atomic E-state index is 13.5. The Morgan fingerprint density at radius 2 is 1.76 bits per heavy atom. The van der Waals surface area contributed by atoms with Gasteiger partial charge in [-0.15, -0.1) is 0 Å². The highest BCUT2D eigenvalue weighted by molar-refractivity contribution is 7.99. The van der Waals surface area contributed by atoms with Crippen LogP contribution in [0.1, 0.15) is 10.4 Å². The van der Waals surface area contributed by atoms with E-state index in [-0.39, 0.29) is 17.1 Å². The fraction of sp³-hybridized carbons (Fsp3) is 0.0588. The molecule has 0 N–H and O–H groups in total. The summed E-state index contributed by atoms with van der Waals surface area (Å²) >= 11 is 1.32. The van der Waals surface area contributed by atoms with E-state index in [4.69, 9.17) is 0 Å². The number of hydrogen-bond donors (Lipinski definition) is 0. The van der Waals surface area contributed by atoms with Crippen LogP contribution in [0, 0.1) is 5.82 Å². The summed E-state index contributed by atoms with van der Waals surface area (Å²) in [5, 5.41) is 1.82. The molecule has 4 heteroatoms. The minimum atomic E-state index is -0.477. The van der Waals surface area contributed by atoms with Crippen molar-refractivity contribution in [1.82, 2.24) is 4.98 Å². The number of nitrogens with zero attached hydrogens (tertiary/aromatic N) is 1. The van der Waals surface area contributed by atoms with Gasteiger partial charge in [0.25, 0.3) is 0 Å². The third-order valence-electron chi connectivity index (χ3n) is 3.10. The number of rotatable bonds is 4. The van der Waals surface area contributed by atoms with Gasteiger partial charge in [-0.1, -0.05) is 48.2 Å². The predicted octanol–water partition coefficient (Wildman–Crippen LogP) is 4.35. The molecule has 3 rings (SSSR count). The Balaban J connectivity index is 1.74. The van der Waals surface area contributed by atoms with Gasteiger partial charge in [0.2, 0.25) is 0 Å². The minimum absolute atomic E-state index is 0.130. The lowest BCUT2D eigenvalue weighted by Crippen LogP contribution is -2.05. The van der Waals surface area contributed by atoms with E-state index < -0.39 is 5.82 Å². The van der Waals surface area contributed by atoms with Gasteiger partial charge in [0.15, 0.2) is 5.78 Å². The van der Waals surface area contributed by atoms with Crippen LogP contribution in [0.15, 0.2) is 65.7 Å². The summed E-state index contributed by atoms with van der Waals surface area (Å²) in [5.41, 5.74) is 1.02. The Hall–Kier alpha value is -2.20. The van der Waals surface area contributed by atoms with Crippen molar-refractivity contribution in [3.63, 3.8) is 0 Å². The van der Waals surface area contributed by atoms with Crippen molar-refractivity contribution in [3.8, 4) is 0 Å². The van der Waals surface area contributed by atoms with Gasteiger partial charge in [-0.25, -0.2) is 9.37 Å². The third-order valence-corrected chi connectivity index (χ3v) is 4.03. The molecule has 104 valence electrons. The number of halogens is 1. The topological polar surface area (TPSA) is 30.0 Å². The van der Waals surface area contributed by atoms with Crippen molar-refractivity contribution in [3.05, 3.63) is 72.0 Å². The van der Waals surface area contributed by atoms with Crippen molar-refractivity contribution < 1.29 is 9.18 Å². The number of Topliss-reactive ketones (excluding diaryl/α,β-unsaturated/α-hetero) is 1. The highest BCUT2D eigenvalue weighted by atomic mass is 32.2. The third kappa shape index (κ3) is 3.11. The molecule has 0 spiro atoms. The molecule has 0 amide bonds. The Kier molecular flexibility index (Phi) is 3.97. The first-order valence-electron chi connectivity index (χ1n) is 6.50. The molecule has 0 radical (unpaired) electrons. The predicted molar refractivity (Wildman–Crippen MR) is 83.2 cm³/mol. The standard InChI is InChI=1S/C17H12FNOS/c18-14-7-3-2-6-13(14)16(20)11-21-17-10-9-12-5-1-4-8-15(12)19-17/h1-10H,11H2. The fourth-order valence-corrected chi connectivity index (χ4v) is 2.79. The summed E-state index contributed by atoms with van der Waals surface area (Å²) in [6, 6.07) is 17.7. The zero-order valence-corrected chi connectivity index (χ0v) is 11.9. The van der Waals surface area contributed by atoms with E-state index in [0.717, 1.165) is 15.9 Å². The van der Waals surface area contributed by atoms with Crippen LogP contribution in [0.4, 0.5) is 4.39 Å². The van der Waals surface area contributed by atoms with Crippen LogP contribution >= 0.6 is 11.8 Å². The molecule has 2 aromatic carbocycles. The van der Waals surface area contributed by atoms with E-state index in [1.165, 1.54) is 23.9 Å². The monoisotopic (exact) mass is 297 g/mol. The van der Waals surface area contributed by atoms with Crippen molar-refractivity contribution in [2.45, 2.75) is 5.03 Å². The van der Waals surface area contributed by atoms with E-state index in [1.807, 2.05) is 36.4 Å². The second-order valence-corrected chi connectivity index (χ2v) is 5.53. The summed E-state index contributed by atoms with van der Waals surface area (Å²) in [6.45, 7) is 0. The van der Waals surface area contributed by atoms with E-state index in [2.05, 4.69) is 4.98 Å². The molecule has 0 saturated carbocycles. The average Bonchev–Trinajstić information content (AvgIpc) is 2.53. The zero-order valence-electron chi connectivity index (χ0n) is 11.1. The first-order valence-corrected chi connectivity index (χ1v) is 7.49. The first-order chi connectivity index (χ1) is 10.2. The van der Waals surface area contributed by atoms with Crippen molar-refractivity contribution in [2.75, 3.05) is 5.75 Å². The van der Waals surface area contributed by atoms with Gasteiger partial charge < -0.3 is 0 Å². The Bertz CT molecular complexity index is 803. The Morgan fingerprint density at radius 3 is 2.62 bits per heavy atom. The Morgan fingerprint density at radius 1 is 1.00 bits per heavy atom. The van der Waals surface area contributed by atoms with Gasteiger partial charge in [0.1, 0.15) is 5.82 Å². The molecule has 0 unspecified atom stereocenters. The molecule has 3 aromatic rings. The van der Waals surface area contributed by atoms with Gasteiger partial charge in [-0.2, -0.15) is 0 Å². The van der Waals surface area contributed by atoms with Gasteiger partial charge >= 0.3 is 0 Å². The summed E-state index contributed by atoms with van der Waals surface area (Å²) in [6.07, 6.45) is 0. The second-order valence-electron chi connectivity index (χ2n) is 4.53. The normalized spacial score (nSPS) is 10.7. The van der Waals surface area contributed by atoms with Gasteiger partial charge in [0, 0.05) is 5.39 Å². The van der Waals surface area contributed by atoms with Gasteiger partial charge in [-0.05, 0) is 24.3 Å². The molecule has 21 heavy (non-hydrogen) atoms. The number of pyridine rings is 1. The lowest BCUT2D eigenvalue weighted by Gasteiger charge is -2.03. The molecule has 0 saturated heterocycles. The number of aromatic nitrogens is 1. The van der Waals surface area contributed by atoms with Crippen LogP contribution in [0.5, 0.6) is 0 Å². The van der Waals surface area contributed by atoms with Crippen LogP contribution < -0.4 is 0 Å². The number of para-hydroxylation sites is 1.